The van der Waals surface area contributed by atoms with E-state index in [-0.39, 0.29) is 18.0 Å². The van der Waals surface area contributed by atoms with Gasteiger partial charge in [-0.05, 0) is 41.7 Å². The molecule has 2 aromatic carbocycles. The normalized spacial score (nSPS) is 15.4. The number of benzene rings is 2. The highest BCUT2D eigenvalue weighted by molar-refractivity contribution is 5.88. The van der Waals surface area contributed by atoms with Crippen LogP contribution in [0.2, 0.25) is 0 Å². The molecule has 0 heterocycles. The second-order valence-electron chi connectivity index (χ2n) is 6.40. The molecule has 0 saturated heterocycles. The molecule has 0 unspecified atom stereocenters. The number of anilines is 1. The zero-order valence-electron chi connectivity index (χ0n) is 14.6. The van der Waals surface area contributed by atoms with E-state index in [4.69, 9.17) is 0 Å². The predicted molar refractivity (Wildman–Crippen MR) is 98.2 cm³/mol. The lowest BCUT2D eigenvalue weighted by molar-refractivity contribution is -0.114. The van der Waals surface area contributed by atoms with Gasteiger partial charge in [0, 0.05) is 26.2 Å². The number of amides is 3. The fourth-order valence-corrected chi connectivity index (χ4v) is 3.34. The van der Waals surface area contributed by atoms with Crippen LogP contribution in [0.15, 0.2) is 48.5 Å². The third-order valence-corrected chi connectivity index (χ3v) is 4.58. The Labute approximate surface area is 148 Å². The Kier molecular flexibility index (Phi) is 5.03. The molecule has 0 radical (unpaired) electrons. The van der Waals surface area contributed by atoms with Crippen LogP contribution in [0.1, 0.15) is 36.1 Å². The van der Waals surface area contributed by atoms with E-state index in [0.717, 1.165) is 24.1 Å². The van der Waals surface area contributed by atoms with Crippen LogP contribution < -0.4 is 10.6 Å². The molecule has 1 aliphatic carbocycles. The van der Waals surface area contributed by atoms with Gasteiger partial charge in [-0.3, -0.25) is 4.79 Å². The van der Waals surface area contributed by atoms with Crippen molar-refractivity contribution in [2.75, 3.05) is 12.4 Å². The number of hydrogen-bond acceptors (Lipinski definition) is 2. The Morgan fingerprint density at radius 3 is 2.76 bits per heavy atom. The molecule has 0 fully saturated rings. The summed E-state index contributed by atoms with van der Waals surface area (Å²) in [7, 11) is 1.84. The van der Waals surface area contributed by atoms with E-state index < -0.39 is 0 Å². The SMILES string of the molecule is CC(=O)Nc1cccc(CNC(=O)N(C)[C@H]2CCc3ccccc32)c1. The van der Waals surface area contributed by atoms with Gasteiger partial charge in [0.2, 0.25) is 5.91 Å². The maximum absolute atomic E-state index is 12.5. The van der Waals surface area contributed by atoms with Crippen molar-refractivity contribution in [3.05, 3.63) is 65.2 Å². The average Bonchev–Trinajstić information content (AvgIpc) is 3.03. The molecule has 1 aliphatic rings. The van der Waals surface area contributed by atoms with Crippen molar-refractivity contribution in [2.24, 2.45) is 0 Å². The van der Waals surface area contributed by atoms with Gasteiger partial charge < -0.3 is 15.5 Å². The topological polar surface area (TPSA) is 61.4 Å². The van der Waals surface area contributed by atoms with Crippen molar-refractivity contribution >= 4 is 17.6 Å². The van der Waals surface area contributed by atoms with E-state index in [1.54, 1.807) is 4.90 Å². The Balaban J connectivity index is 1.60. The van der Waals surface area contributed by atoms with Crippen LogP contribution in [0.5, 0.6) is 0 Å². The number of fused-ring (bicyclic) bond motifs is 1. The molecule has 2 aromatic rings. The van der Waals surface area contributed by atoms with Gasteiger partial charge in [-0.25, -0.2) is 4.79 Å². The van der Waals surface area contributed by atoms with Crippen LogP contribution in [-0.4, -0.2) is 23.9 Å². The molecule has 2 N–H and O–H groups in total. The molecule has 0 saturated carbocycles. The monoisotopic (exact) mass is 337 g/mol. The highest BCUT2D eigenvalue weighted by Gasteiger charge is 2.28. The first kappa shape index (κ1) is 17.0. The van der Waals surface area contributed by atoms with Crippen LogP contribution in [0.4, 0.5) is 10.5 Å². The van der Waals surface area contributed by atoms with Crippen LogP contribution in [-0.2, 0) is 17.8 Å². The molecule has 3 amide bonds. The first-order valence-electron chi connectivity index (χ1n) is 8.49. The van der Waals surface area contributed by atoms with Crippen molar-refractivity contribution in [1.29, 1.82) is 0 Å². The van der Waals surface area contributed by atoms with Crippen LogP contribution in [0, 0.1) is 0 Å². The quantitative estimate of drug-likeness (QED) is 0.897. The minimum atomic E-state index is -0.110. The summed E-state index contributed by atoms with van der Waals surface area (Å²) in [6, 6.07) is 15.8. The van der Waals surface area contributed by atoms with Gasteiger partial charge in [0.05, 0.1) is 6.04 Å². The summed E-state index contributed by atoms with van der Waals surface area (Å²) >= 11 is 0. The standard InChI is InChI=1S/C20H23N3O2/c1-14(24)22-17-8-5-6-15(12-17)13-21-20(25)23(2)19-11-10-16-7-3-4-9-18(16)19/h3-9,12,19H,10-11,13H2,1-2H3,(H,21,25)(H,22,24)/t19-/m0/s1. The lowest BCUT2D eigenvalue weighted by atomic mass is 10.1. The first-order chi connectivity index (χ1) is 12.0. The second-order valence-corrected chi connectivity index (χ2v) is 6.40. The van der Waals surface area contributed by atoms with Gasteiger partial charge in [-0.15, -0.1) is 0 Å². The number of carbonyl (C=O) groups is 2. The Hall–Kier alpha value is -2.82. The van der Waals surface area contributed by atoms with Gasteiger partial charge in [0.1, 0.15) is 0 Å². The summed E-state index contributed by atoms with van der Waals surface area (Å²) in [6.45, 7) is 1.90. The molecule has 0 bridgehead atoms. The zero-order chi connectivity index (χ0) is 17.8. The van der Waals surface area contributed by atoms with Crippen molar-refractivity contribution in [1.82, 2.24) is 10.2 Å². The molecule has 25 heavy (non-hydrogen) atoms. The number of urea groups is 1. The molecular weight excluding hydrogens is 314 g/mol. The highest BCUT2D eigenvalue weighted by atomic mass is 16.2. The summed E-state index contributed by atoms with van der Waals surface area (Å²) in [4.78, 5) is 25.4. The number of hydrogen-bond donors (Lipinski definition) is 2. The molecule has 5 nitrogen and oxygen atoms in total. The molecule has 0 aliphatic heterocycles. The van der Waals surface area contributed by atoms with Crippen molar-refractivity contribution < 1.29 is 9.59 Å². The van der Waals surface area contributed by atoms with Gasteiger partial charge in [-0.1, -0.05) is 36.4 Å². The lowest BCUT2D eigenvalue weighted by Crippen LogP contribution is -2.38. The number of rotatable bonds is 4. The van der Waals surface area contributed by atoms with E-state index in [2.05, 4.69) is 22.8 Å². The van der Waals surface area contributed by atoms with Gasteiger partial charge in [0.15, 0.2) is 0 Å². The third kappa shape index (κ3) is 3.99. The van der Waals surface area contributed by atoms with Crippen molar-refractivity contribution in [3.8, 4) is 0 Å². The fourth-order valence-electron chi connectivity index (χ4n) is 3.34. The van der Waals surface area contributed by atoms with Crippen LogP contribution >= 0.6 is 0 Å². The summed E-state index contributed by atoms with van der Waals surface area (Å²) in [5.74, 6) is -0.110. The molecule has 0 aromatic heterocycles. The molecule has 1 atom stereocenters. The Morgan fingerprint density at radius 2 is 1.96 bits per heavy atom. The minimum Gasteiger partial charge on any atom is -0.334 e. The maximum Gasteiger partial charge on any atom is 0.317 e. The molecule has 130 valence electrons. The van der Waals surface area contributed by atoms with Crippen molar-refractivity contribution in [3.63, 3.8) is 0 Å². The number of carbonyl (C=O) groups excluding carboxylic acids is 2. The molecular formula is C20H23N3O2. The van der Waals surface area contributed by atoms with E-state index in [1.165, 1.54) is 18.1 Å². The Morgan fingerprint density at radius 1 is 1.16 bits per heavy atom. The smallest absolute Gasteiger partial charge is 0.317 e. The maximum atomic E-state index is 12.5. The van der Waals surface area contributed by atoms with E-state index in [9.17, 15) is 9.59 Å². The van der Waals surface area contributed by atoms with E-state index >= 15 is 0 Å². The van der Waals surface area contributed by atoms with Gasteiger partial charge in [0.25, 0.3) is 0 Å². The van der Waals surface area contributed by atoms with Gasteiger partial charge >= 0.3 is 6.03 Å². The third-order valence-electron chi connectivity index (χ3n) is 4.58. The largest absolute Gasteiger partial charge is 0.334 e. The van der Waals surface area contributed by atoms with Gasteiger partial charge in [-0.2, -0.15) is 0 Å². The predicted octanol–water partition coefficient (Wildman–Crippen LogP) is 3.47. The number of aryl methyl sites for hydroxylation is 1. The lowest BCUT2D eigenvalue weighted by Gasteiger charge is -2.25. The second kappa shape index (κ2) is 7.38. The zero-order valence-corrected chi connectivity index (χ0v) is 14.6. The Bertz CT molecular complexity index is 788. The fraction of sp³-hybridized carbons (Fsp3) is 0.300. The highest BCUT2D eigenvalue weighted by Crippen LogP contribution is 2.34. The average molecular weight is 337 g/mol. The first-order valence-corrected chi connectivity index (χ1v) is 8.49. The van der Waals surface area contributed by atoms with Crippen LogP contribution in [0.25, 0.3) is 0 Å². The van der Waals surface area contributed by atoms with Crippen LogP contribution in [0.3, 0.4) is 0 Å². The summed E-state index contributed by atoms with van der Waals surface area (Å²) < 4.78 is 0. The van der Waals surface area contributed by atoms with E-state index in [1.807, 2.05) is 43.4 Å². The summed E-state index contributed by atoms with van der Waals surface area (Å²) in [5, 5.41) is 5.71. The summed E-state index contributed by atoms with van der Waals surface area (Å²) in [5.41, 5.74) is 4.25. The van der Waals surface area contributed by atoms with E-state index in [0.29, 0.717) is 6.54 Å². The number of nitrogens with one attached hydrogen (secondary N) is 2. The number of nitrogens with zero attached hydrogens (tertiary/aromatic N) is 1. The van der Waals surface area contributed by atoms with Crippen molar-refractivity contribution in [2.45, 2.75) is 32.4 Å². The molecule has 3 rings (SSSR count). The summed E-state index contributed by atoms with van der Waals surface area (Å²) in [6.07, 6.45) is 1.97. The minimum absolute atomic E-state index is 0.0911. The molecule has 5 heteroatoms. The molecule has 0 spiro atoms.